The molecule has 0 bridgehead atoms. The van der Waals surface area contributed by atoms with Crippen LogP contribution in [0.1, 0.15) is 30.9 Å². The first-order chi connectivity index (χ1) is 9.15. The van der Waals surface area contributed by atoms with Crippen molar-refractivity contribution in [3.63, 3.8) is 0 Å². The van der Waals surface area contributed by atoms with Gasteiger partial charge in [-0.2, -0.15) is 0 Å². The molecule has 0 fully saturated rings. The van der Waals surface area contributed by atoms with Gasteiger partial charge in [0.25, 0.3) is 0 Å². The Morgan fingerprint density at radius 3 is 3.05 bits per heavy atom. The number of aliphatic hydroxyl groups excluding tert-OH is 1. The summed E-state index contributed by atoms with van der Waals surface area (Å²) in [5.74, 6) is 0.334. The smallest absolute Gasteiger partial charge is 0.220 e. The summed E-state index contributed by atoms with van der Waals surface area (Å²) in [4.78, 5) is 11.7. The van der Waals surface area contributed by atoms with Crippen molar-refractivity contribution in [1.82, 2.24) is 5.32 Å². The number of nitrogens with one attached hydrogen (secondary N) is 1. The molecule has 0 saturated carbocycles. The molecule has 3 nitrogen and oxygen atoms in total. The molecule has 1 aliphatic carbocycles. The lowest BCUT2D eigenvalue weighted by molar-refractivity contribution is -0.122. The van der Waals surface area contributed by atoms with Gasteiger partial charge < -0.3 is 10.4 Å². The van der Waals surface area contributed by atoms with Crippen LogP contribution in [-0.2, 0) is 4.79 Å². The Balaban J connectivity index is 1.78. The fourth-order valence-electron chi connectivity index (χ4n) is 2.22. The Morgan fingerprint density at radius 2 is 2.37 bits per heavy atom. The molecule has 19 heavy (non-hydrogen) atoms. The van der Waals surface area contributed by atoms with Crippen molar-refractivity contribution >= 4 is 17.5 Å². The van der Waals surface area contributed by atoms with Crippen LogP contribution in [0.5, 0.6) is 0 Å². The van der Waals surface area contributed by atoms with Crippen LogP contribution in [-0.4, -0.2) is 17.6 Å². The van der Waals surface area contributed by atoms with Gasteiger partial charge in [-0.05, 0) is 36.5 Å². The van der Waals surface area contributed by atoms with E-state index in [9.17, 15) is 9.90 Å². The van der Waals surface area contributed by atoms with Gasteiger partial charge >= 0.3 is 0 Å². The molecule has 1 aliphatic rings. The number of carbonyl (C=O) groups is 1. The fraction of sp³-hybridized carbons (Fsp3) is 0.400. The zero-order chi connectivity index (χ0) is 13.7. The maximum atomic E-state index is 11.7. The minimum atomic E-state index is -0.721. The first kappa shape index (κ1) is 14.1. The van der Waals surface area contributed by atoms with Crippen molar-refractivity contribution in [2.24, 2.45) is 5.92 Å². The van der Waals surface area contributed by atoms with E-state index in [0.717, 1.165) is 12.8 Å². The van der Waals surface area contributed by atoms with Gasteiger partial charge in [0.15, 0.2) is 0 Å². The van der Waals surface area contributed by atoms with Crippen molar-refractivity contribution in [3.05, 3.63) is 47.0 Å². The van der Waals surface area contributed by atoms with Crippen LogP contribution in [0.25, 0.3) is 0 Å². The zero-order valence-electron chi connectivity index (χ0n) is 10.7. The van der Waals surface area contributed by atoms with Crippen LogP contribution in [0.4, 0.5) is 0 Å². The van der Waals surface area contributed by atoms with Crippen molar-refractivity contribution < 1.29 is 9.90 Å². The van der Waals surface area contributed by atoms with E-state index in [1.165, 1.54) is 0 Å². The molecule has 2 N–H and O–H groups in total. The van der Waals surface area contributed by atoms with Crippen LogP contribution >= 0.6 is 11.6 Å². The molecular formula is C15H18ClNO2. The zero-order valence-corrected chi connectivity index (χ0v) is 11.4. The third-order valence-electron chi connectivity index (χ3n) is 3.29. The molecule has 2 atom stereocenters. The van der Waals surface area contributed by atoms with E-state index in [0.29, 0.717) is 22.9 Å². The molecule has 0 unspecified atom stereocenters. The van der Waals surface area contributed by atoms with E-state index in [-0.39, 0.29) is 12.5 Å². The summed E-state index contributed by atoms with van der Waals surface area (Å²) in [6.45, 7) is 0.218. The fourth-order valence-corrected chi connectivity index (χ4v) is 2.42. The highest BCUT2D eigenvalue weighted by Gasteiger charge is 2.15. The number of carbonyl (C=O) groups excluding carboxylic acids is 1. The number of rotatable bonds is 5. The maximum Gasteiger partial charge on any atom is 0.220 e. The molecule has 1 amide bonds. The van der Waals surface area contributed by atoms with Crippen LogP contribution in [0.15, 0.2) is 36.4 Å². The average Bonchev–Trinajstić information content (AvgIpc) is 2.88. The summed E-state index contributed by atoms with van der Waals surface area (Å²) in [6, 6.07) is 7.04. The topological polar surface area (TPSA) is 49.3 Å². The number of halogens is 1. The highest BCUT2D eigenvalue weighted by molar-refractivity contribution is 6.30. The number of allylic oxidation sites excluding steroid dienone is 2. The van der Waals surface area contributed by atoms with E-state index in [2.05, 4.69) is 17.5 Å². The number of benzene rings is 1. The van der Waals surface area contributed by atoms with Gasteiger partial charge in [-0.15, -0.1) is 0 Å². The first-order valence-electron chi connectivity index (χ1n) is 6.52. The van der Waals surface area contributed by atoms with Gasteiger partial charge in [-0.3, -0.25) is 4.79 Å². The Labute approximate surface area is 118 Å². The predicted octanol–water partition coefficient (Wildman–Crippen LogP) is 2.85. The van der Waals surface area contributed by atoms with E-state index in [4.69, 9.17) is 11.6 Å². The minimum absolute atomic E-state index is 0.0161. The number of hydrogen-bond donors (Lipinski definition) is 2. The van der Waals surface area contributed by atoms with Crippen LogP contribution < -0.4 is 5.32 Å². The molecule has 4 heteroatoms. The summed E-state index contributed by atoms with van der Waals surface area (Å²) in [5, 5.41) is 13.3. The van der Waals surface area contributed by atoms with Crippen LogP contribution in [0.3, 0.4) is 0 Å². The molecule has 0 radical (unpaired) electrons. The lowest BCUT2D eigenvalue weighted by Crippen LogP contribution is -2.29. The molecule has 2 rings (SSSR count). The molecule has 0 spiro atoms. The summed E-state index contributed by atoms with van der Waals surface area (Å²) < 4.78 is 0. The van der Waals surface area contributed by atoms with Gasteiger partial charge in [-0.1, -0.05) is 35.9 Å². The molecule has 0 saturated heterocycles. The van der Waals surface area contributed by atoms with Crippen molar-refractivity contribution in [2.45, 2.75) is 25.4 Å². The molecule has 0 aromatic heterocycles. The number of hydrogen-bond acceptors (Lipinski definition) is 2. The average molecular weight is 280 g/mol. The lowest BCUT2D eigenvalue weighted by atomic mass is 10.0. The quantitative estimate of drug-likeness (QED) is 0.814. The highest BCUT2D eigenvalue weighted by atomic mass is 35.5. The molecule has 0 heterocycles. The largest absolute Gasteiger partial charge is 0.387 e. The second-order valence-electron chi connectivity index (χ2n) is 4.84. The van der Waals surface area contributed by atoms with Gasteiger partial charge in [0, 0.05) is 18.0 Å². The van der Waals surface area contributed by atoms with E-state index >= 15 is 0 Å². The molecule has 0 aliphatic heterocycles. The number of amides is 1. The first-order valence-corrected chi connectivity index (χ1v) is 6.90. The van der Waals surface area contributed by atoms with Crippen molar-refractivity contribution in [2.75, 3.05) is 6.54 Å². The van der Waals surface area contributed by atoms with E-state index < -0.39 is 6.10 Å². The summed E-state index contributed by atoms with van der Waals surface area (Å²) in [5.41, 5.74) is 0.716. The van der Waals surface area contributed by atoms with Crippen molar-refractivity contribution in [3.8, 4) is 0 Å². The van der Waals surface area contributed by atoms with Gasteiger partial charge in [0.05, 0.1) is 6.10 Å². The third-order valence-corrected chi connectivity index (χ3v) is 3.52. The summed E-state index contributed by atoms with van der Waals surface area (Å²) >= 11 is 5.86. The van der Waals surface area contributed by atoms with Gasteiger partial charge in [0.2, 0.25) is 5.91 Å². The second kappa shape index (κ2) is 6.73. The monoisotopic (exact) mass is 279 g/mol. The second-order valence-corrected chi connectivity index (χ2v) is 5.28. The molecular weight excluding hydrogens is 262 g/mol. The van der Waals surface area contributed by atoms with E-state index in [1.807, 2.05) is 0 Å². The van der Waals surface area contributed by atoms with Gasteiger partial charge in [0.1, 0.15) is 0 Å². The van der Waals surface area contributed by atoms with Crippen molar-refractivity contribution in [1.29, 1.82) is 0 Å². The van der Waals surface area contributed by atoms with E-state index in [1.54, 1.807) is 24.3 Å². The highest BCUT2D eigenvalue weighted by Crippen LogP contribution is 2.20. The van der Waals surface area contributed by atoms with Crippen LogP contribution in [0, 0.1) is 5.92 Å². The van der Waals surface area contributed by atoms with Crippen LogP contribution in [0.2, 0.25) is 5.02 Å². The standard InChI is InChI=1S/C15H18ClNO2/c16-13-7-3-6-12(9-13)14(18)10-17-15(19)8-11-4-1-2-5-11/h1,3-4,6-7,9,11,14,18H,2,5,8,10H2,(H,17,19)/t11-,14+/m0/s1. The minimum Gasteiger partial charge on any atom is -0.387 e. The molecule has 102 valence electrons. The normalized spacial score (nSPS) is 19.4. The maximum absolute atomic E-state index is 11.7. The third kappa shape index (κ3) is 4.37. The molecule has 1 aromatic carbocycles. The Kier molecular flexibility index (Phi) is 5.00. The lowest BCUT2D eigenvalue weighted by Gasteiger charge is -2.13. The number of aliphatic hydroxyl groups is 1. The Bertz CT molecular complexity index is 473. The Morgan fingerprint density at radius 1 is 1.53 bits per heavy atom. The SMILES string of the molecule is O=C(C[C@H]1C=CCC1)NC[C@@H](O)c1cccc(Cl)c1. The Hall–Kier alpha value is -1.32. The molecule has 1 aromatic rings. The van der Waals surface area contributed by atoms with Gasteiger partial charge in [-0.25, -0.2) is 0 Å². The summed E-state index contributed by atoms with van der Waals surface area (Å²) in [6.07, 6.45) is 6.08. The predicted molar refractivity (Wildman–Crippen MR) is 75.9 cm³/mol. The summed E-state index contributed by atoms with van der Waals surface area (Å²) in [7, 11) is 0.